The number of nitrogens with zero attached hydrogens (tertiary/aromatic N) is 1. The van der Waals surface area contributed by atoms with Gasteiger partial charge in [0.2, 0.25) is 0 Å². The first-order valence-corrected chi connectivity index (χ1v) is 7.06. The van der Waals surface area contributed by atoms with Crippen LogP contribution in [0.1, 0.15) is 0 Å². The van der Waals surface area contributed by atoms with Crippen molar-refractivity contribution in [2.75, 3.05) is 0 Å². The van der Waals surface area contributed by atoms with Crippen LogP contribution in [0.5, 0.6) is 0 Å². The fourth-order valence-electron chi connectivity index (χ4n) is 1.85. The summed E-state index contributed by atoms with van der Waals surface area (Å²) in [5.74, 6) is -21.9. The van der Waals surface area contributed by atoms with E-state index < -0.39 is 69.4 Å². The van der Waals surface area contributed by atoms with Crippen molar-refractivity contribution in [3.05, 3.63) is 93.7 Å². The molecule has 0 spiro atoms. The standard InChI is InChI=1S/C12HF9N2.C5H5.Co/c13-1-3(15)7(19)11(8(20)4(1)16)23-12-9(21)5(17)2(14)6(18)10(12)22;1-2-4-5-3-1;/h22H;1-5H;/q-2;-1;. The second-order valence-corrected chi connectivity index (χ2v) is 4.97. The molecule has 0 heterocycles. The summed E-state index contributed by atoms with van der Waals surface area (Å²) in [7, 11) is 0. The number of hydrogen-bond acceptors (Lipinski definition) is 0. The van der Waals surface area contributed by atoms with Gasteiger partial charge in [0, 0.05) is 16.8 Å². The van der Waals surface area contributed by atoms with E-state index in [1.807, 2.05) is 30.3 Å². The maximum atomic E-state index is 13.4. The molecule has 0 atom stereocenters. The molecule has 0 aliphatic heterocycles. The van der Waals surface area contributed by atoms with E-state index in [-0.39, 0.29) is 16.8 Å². The van der Waals surface area contributed by atoms with E-state index in [4.69, 9.17) is 5.73 Å². The van der Waals surface area contributed by atoms with Crippen LogP contribution in [0.15, 0.2) is 30.3 Å². The van der Waals surface area contributed by atoms with E-state index in [0.717, 1.165) is 0 Å². The number of halogens is 9. The van der Waals surface area contributed by atoms with Gasteiger partial charge in [0.05, 0.1) is 0 Å². The summed E-state index contributed by atoms with van der Waals surface area (Å²) in [6.45, 7) is 0. The summed E-state index contributed by atoms with van der Waals surface area (Å²) in [5, 5.41) is 2.56. The minimum atomic E-state index is -2.54. The van der Waals surface area contributed by atoms with Crippen molar-refractivity contribution in [3.63, 3.8) is 0 Å². The van der Waals surface area contributed by atoms with Crippen LogP contribution in [-0.2, 0) is 16.8 Å². The molecule has 1 N–H and O–H groups in total. The second-order valence-electron chi connectivity index (χ2n) is 4.97. The first-order chi connectivity index (χ1) is 13.1. The molecular formula is C17H6CoF9N2-3. The van der Waals surface area contributed by atoms with Gasteiger partial charge in [-0.1, -0.05) is 5.69 Å². The average Bonchev–Trinajstić information content (AvgIpc) is 3.27. The van der Waals surface area contributed by atoms with E-state index >= 15 is 0 Å². The normalized spacial score (nSPS) is 10.1. The zero-order valence-electron chi connectivity index (χ0n) is 13.6. The maximum absolute atomic E-state index is 13.4. The van der Waals surface area contributed by atoms with Gasteiger partial charge in [-0.2, -0.15) is 18.2 Å². The largest absolute Gasteiger partial charge is 0.697 e. The van der Waals surface area contributed by atoms with Crippen LogP contribution in [0, 0.1) is 52.4 Å². The van der Waals surface area contributed by atoms with Crippen LogP contribution in [0.25, 0.3) is 11.1 Å². The Morgan fingerprint density at radius 3 is 1.28 bits per heavy atom. The molecule has 3 aromatic rings. The number of nitrogens with one attached hydrogen (secondary N) is 1. The van der Waals surface area contributed by atoms with Gasteiger partial charge in [-0.3, -0.25) is 0 Å². The quantitative estimate of drug-likeness (QED) is 0.163. The number of hydrogen-bond donors (Lipinski definition) is 0. The zero-order valence-corrected chi connectivity index (χ0v) is 14.6. The molecule has 29 heavy (non-hydrogen) atoms. The molecule has 12 heteroatoms. The predicted octanol–water partition coefficient (Wildman–Crippen LogP) is 7.36. The molecule has 1 radical (unpaired) electrons. The minimum absolute atomic E-state index is 0. The van der Waals surface area contributed by atoms with Crippen molar-refractivity contribution in [3.8, 4) is 0 Å². The summed E-state index contributed by atoms with van der Waals surface area (Å²) in [6.07, 6.45) is 0. The van der Waals surface area contributed by atoms with Crippen LogP contribution in [0.2, 0.25) is 0 Å². The first kappa shape index (κ1) is 24.3. The topological polar surface area (TPSA) is 37.9 Å². The SMILES string of the molecule is [Co].[NH-]c1c(F)c(F)c(F)c(F)c1[N-]c1c(F)c(F)c(F)c(F)c1F.c1cc[cH-]c1. The fourth-order valence-corrected chi connectivity index (χ4v) is 1.85. The first-order valence-electron chi connectivity index (χ1n) is 7.06. The molecular weight excluding hydrogens is 462 g/mol. The Kier molecular flexibility index (Phi) is 8.09. The van der Waals surface area contributed by atoms with E-state index in [0.29, 0.717) is 0 Å². The van der Waals surface area contributed by atoms with Crippen molar-refractivity contribution in [2.24, 2.45) is 0 Å². The van der Waals surface area contributed by atoms with Gasteiger partial charge in [0.1, 0.15) is 23.3 Å². The Hall–Kier alpha value is -2.73. The van der Waals surface area contributed by atoms with E-state index in [1.165, 1.54) is 0 Å². The third-order valence-electron chi connectivity index (χ3n) is 3.21. The molecule has 0 aromatic heterocycles. The van der Waals surface area contributed by atoms with Crippen LogP contribution in [0.3, 0.4) is 0 Å². The van der Waals surface area contributed by atoms with Crippen LogP contribution >= 0.6 is 0 Å². The van der Waals surface area contributed by atoms with Gasteiger partial charge < -0.3 is 11.1 Å². The van der Waals surface area contributed by atoms with Crippen molar-refractivity contribution < 1.29 is 56.3 Å². The average molecular weight is 468 g/mol. The summed E-state index contributed by atoms with van der Waals surface area (Å²) in [4.78, 5) is 0. The smallest absolute Gasteiger partial charge is 0.200 e. The van der Waals surface area contributed by atoms with Crippen LogP contribution in [-0.4, -0.2) is 0 Å². The molecule has 0 aliphatic carbocycles. The fraction of sp³-hybridized carbons (Fsp3) is 0. The number of benzene rings is 2. The summed E-state index contributed by atoms with van der Waals surface area (Å²) in [5.41, 5.74) is 1.46. The third-order valence-corrected chi connectivity index (χ3v) is 3.21. The van der Waals surface area contributed by atoms with E-state index in [9.17, 15) is 39.5 Å². The molecule has 0 saturated carbocycles. The summed E-state index contributed by atoms with van der Waals surface area (Å²) >= 11 is 0. The van der Waals surface area contributed by atoms with E-state index in [2.05, 4.69) is 5.32 Å². The molecule has 3 rings (SSSR count). The molecule has 3 aromatic carbocycles. The monoisotopic (exact) mass is 468 g/mol. The van der Waals surface area contributed by atoms with Gasteiger partial charge in [-0.25, -0.2) is 51.6 Å². The molecule has 0 unspecified atom stereocenters. The van der Waals surface area contributed by atoms with Crippen molar-refractivity contribution in [1.82, 2.24) is 0 Å². The Bertz CT molecular complexity index is 864. The summed E-state index contributed by atoms with van der Waals surface area (Å²) < 4.78 is 118. The Balaban J connectivity index is 0.000000610. The van der Waals surface area contributed by atoms with Gasteiger partial charge in [-0.15, -0.1) is 11.4 Å². The van der Waals surface area contributed by atoms with Gasteiger partial charge in [0.25, 0.3) is 0 Å². The Morgan fingerprint density at radius 2 is 0.897 bits per heavy atom. The minimum Gasteiger partial charge on any atom is -0.697 e. The van der Waals surface area contributed by atoms with Crippen molar-refractivity contribution >= 4 is 17.1 Å². The Morgan fingerprint density at radius 1 is 0.552 bits per heavy atom. The predicted molar refractivity (Wildman–Crippen MR) is 81.2 cm³/mol. The van der Waals surface area contributed by atoms with Gasteiger partial charge in [0.15, 0.2) is 29.1 Å². The zero-order chi connectivity index (χ0) is 21.2. The number of rotatable bonds is 2. The molecule has 2 nitrogen and oxygen atoms in total. The molecule has 0 aliphatic rings. The molecule has 0 bridgehead atoms. The molecule has 0 fully saturated rings. The summed E-state index contributed by atoms with van der Waals surface area (Å²) in [6, 6.07) is 10.0. The van der Waals surface area contributed by atoms with Crippen LogP contribution < -0.4 is 0 Å². The van der Waals surface area contributed by atoms with Crippen molar-refractivity contribution in [1.29, 1.82) is 0 Å². The van der Waals surface area contributed by atoms with Crippen LogP contribution in [0.4, 0.5) is 56.6 Å². The van der Waals surface area contributed by atoms with Gasteiger partial charge >= 0.3 is 0 Å². The molecule has 0 saturated heterocycles. The Labute approximate surface area is 167 Å². The van der Waals surface area contributed by atoms with Gasteiger partial charge in [-0.05, 0) is 0 Å². The molecule has 0 amide bonds. The third kappa shape index (κ3) is 4.64. The maximum Gasteiger partial charge on any atom is 0.200 e. The van der Waals surface area contributed by atoms with E-state index in [1.54, 1.807) is 0 Å². The molecule has 159 valence electrons. The van der Waals surface area contributed by atoms with Crippen molar-refractivity contribution in [2.45, 2.75) is 0 Å². The second kappa shape index (κ2) is 9.65.